The minimum absolute atomic E-state index is 0. The SMILES string of the molecule is Fc1c[c-]c(Cl)cc1.O=C(O)C(Cc1[nH]c(=S)n2c1C1CC1C2)C(=O)O.[Y]. The van der Waals surface area contributed by atoms with E-state index >= 15 is 0 Å². The predicted molar refractivity (Wildman–Crippen MR) is 93.2 cm³/mol. The van der Waals surface area contributed by atoms with E-state index in [1.54, 1.807) is 0 Å². The van der Waals surface area contributed by atoms with Crippen LogP contribution in [-0.4, -0.2) is 31.7 Å². The summed E-state index contributed by atoms with van der Waals surface area (Å²) in [5, 5.41) is 18.3. The van der Waals surface area contributed by atoms with Gasteiger partial charge in [-0.1, -0.05) is 5.02 Å². The Hall–Kier alpha value is -1.09. The summed E-state index contributed by atoms with van der Waals surface area (Å²) in [5.41, 5.74) is 1.71. The largest absolute Gasteiger partial charge is 0.481 e. The van der Waals surface area contributed by atoms with E-state index in [4.69, 9.17) is 34.0 Å². The average molecular weight is 487 g/mol. The average Bonchev–Trinajstić information content (AvgIpc) is 3.12. The number of halogens is 2. The summed E-state index contributed by atoms with van der Waals surface area (Å²) in [7, 11) is 0. The van der Waals surface area contributed by atoms with E-state index in [0.717, 1.165) is 18.7 Å². The van der Waals surface area contributed by atoms with Crippen LogP contribution >= 0.6 is 23.8 Å². The molecule has 2 atom stereocenters. The number of aliphatic carboxylic acids is 2. The van der Waals surface area contributed by atoms with Gasteiger partial charge in [-0.15, -0.1) is 29.8 Å². The van der Waals surface area contributed by atoms with Gasteiger partial charge < -0.3 is 19.8 Å². The minimum atomic E-state index is -1.42. The maximum atomic E-state index is 12.0. The normalized spacial score (nSPS) is 18.6. The predicted octanol–water partition coefficient (Wildman–Crippen LogP) is 3.27. The first kappa shape index (κ1) is 22.2. The maximum Gasteiger partial charge on any atom is 0.318 e. The van der Waals surface area contributed by atoms with E-state index < -0.39 is 17.9 Å². The molecule has 6 nitrogen and oxygen atoms in total. The van der Waals surface area contributed by atoms with Gasteiger partial charge in [0.25, 0.3) is 0 Å². The van der Waals surface area contributed by atoms with Gasteiger partial charge in [0.2, 0.25) is 0 Å². The van der Waals surface area contributed by atoms with E-state index in [1.165, 1.54) is 18.2 Å². The number of imidazole rings is 1. The molecule has 2 unspecified atom stereocenters. The van der Waals surface area contributed by atoms with Crippen LogP contribution in [0.3, 0.4) is 0 Å². The number of H-pyrrole nitrogens is 1. The van der Waals surface area contributed by atoms with Gasteiger partial charge in [0.1, 0.15) is 0 Å². The van der Waals surface area contributed by atoms with Gasteiger partial charge in [-0.25, -0.2) is 0 Å². The molecule has 2 aromatic rings. The van der Waals surface area contributed by atoms with Crippen LogP contribution < -0.4 is 0 Å². The molecule has 10 heteroatoms. The Balaban J connectivity index is 0.000000247. The molecule has 0 bridgehead atoms. The summed E-state index contributed by atoms with van der Waals surface area (Å²) >= 11 is 10.6. The molecule has 2 aliphatic rings. The molecule has 1 aromatic carbocycles. The number of carboxylic acids is 2. The molecule has 0 spiro atoms. The molecule has 2 heterocycles. The van der Waals surface area contributed by atoms with Gasteiger partial charge in [-0.05, 0) is 24.6 Å². The number of carboxylic acid groups (broad SMARTS) is 2. The van der Waals surface area contributed by atoms with Crippen LogP contribution in [0.2, 0.25) is 5.02 Å². The van der Waals surface area contributed by atoms with Crippen molar-refractivity contribution < 1.29 is 56.9 Å². The fourth-order valence-corrected chi connectivity index (χ4v) is 3.60. The van der Waals surface area contributed by atoms with E-state index in [2.05, 4.69) is 11.1 Å². The van der Waals surface area contributed by atoms with Crippen molar-refractivity contribution >= 4 is 35.8 Å². The number of benzene rings is 1. The minimum Gasteiger partial charge on any atom is -0.481 e. The van der Waals surface area contributed by atoms with E-state index in [-0.39, 0.29) is 44.9 Å². The van der Waals surface area contributed by atoms with Crippen LogP contribution in [0, 0.1) is 28.5 Å². The standard InChI is InChI=1S/C11H12N2O4S.C6H3ClF.Y/c14-9(15)6(10(16)17)2-7-8-5-1-4(5)3-13(8)11(18)12-7;7-5-1-3-6(8)4-2-5;/h4-6H,1-3H2,(H,12,18)(H,14,15)(H,16,17);1,3-4H;/q;-1;. The third-order valence-electron chi connectivity index (χ3n) is 4.54. The topological polar surface area (TPSA) is 95.3 Å². The van der Waals surface area contributed by atoms with Crippen molar-refractivity contribution in [1.82, 2.24) is 9.55 Å². The van der Waals surface area contributed by atoms with Gasteiger partial charge in [0.15, 0.2) is 10.7 Å². The van der Waals surface area contributed by atoms with Crippen LogP contribution in [0.25, 0.3) is 0 Å². The summed E-state index contributed by atoms with van der Waals surface area (Å²) < 4.78 is 14.5. The molecule has 141 valence electrons. The Labute approximate surface area is 189 Å². The molecule has 4 rings (SSSR count). The quantitative estimate of drug-likeness (QED) is 0.350. The van der Waals surface area contributed by atoms with E-state index in [1.807, 2.05) is 4.57 Å². The fourth-order valence-electron chi connectivity index (χ4n) is 3.18. The monoisotopic (exact) mass is 486 g/mol. The van der Waals surface area contributed by atoms with Crippen molar-refractivity contribution in [3.8, 4) is 0 Å². The number of nitrogens with zero attached hydrogens (tertiary/aromatic N) is 1. The maximum absolute atomic E-state index is 12.0. The smallest absolute Gasteiger partial charge is 0.318 e. The van der Waals surface area contributed by atoms with Crippen LogP contribution in [0.15, 0.2) is 18.2 Å². The molecule has 1 aliphatic heterocycles. The number of rotatable bonds is 4. The fraction of sp³-hybridized carbons (Fsp3) is 0.353. The Morgan fingerprint density at radius 2 is 2.07 bits per heavy atom. The number of hydrogen-bond acceptors (Lipinski definition) is 3. The third kappa shape index (κ3) is 5.05. The number of aromatic amines is 1. The van der Waals surface area contributed by atoms with Crippen LogP contribution in [0.5, 0.6) is 0 Å². The molecule has 1 aliphatic carbocycles. The van der Waals surface area contributed by atoms with Crippen LogP contribution in [0.1, 0.15) is 23.7 Å². The molecule has 1 radical (unpaired) electrons. The molecule has 3 N–H and O–H groups in total. The zero-order valence-corrected chi connectivity index (χ0v) is 18.4. The zero-order valence-electron chi connectivity index (χ0n) is 14.0. The number of carbonyl (C=O) groups is 2. The second-order valence-electron chi connectivity index (χ2n) is 6.29. The van der Waals surface area contributed by atoms with Gasteiger partial charge in [0.05, 0.1) is 0 Å². The van der Waals surface area contributed by atoms with Crippen molar-refractivity contribution in [2.24, 2.45) is 11.8 Å². The third-order valence-corrected chi connectivity index (χ3v) is 5.09. The van der Waals surface area contributed by atoms with Gasteiger partial charge in [-0.2, -0.15) is 6.07 Å². The Bertz CT molecular complexity index is 880. The molecular formula is C17H15ClFN2O4SY-. The van der Waals surface area contributed by atoms with Crippen LogP contribution in [0.4, 0.5) is 4.39 Å². The first-order chi connectivity index (χ1) is 12.3. The molecule has 1 saturated carbocycles. The second-order valence-corrected chi connectivity index (χ2v) is 7.09. The van der Waals surface area contributed by atoms with E-state index in [0.29, 0.717) is 27.3 Å². The number of nitrogens with one attached hydrogen (secondary N) is 1. The molecule has 0 saturated heterocycles. The zero-order chi connectivity index (χ0) is 19.0. The van der Waals surface area contributed by atoms with Gasteiger partial charge in [0, 0.05) is 68.8 Å². The first-order valence-electron chi connectivity index (χ1n) is 7.87. The number of hydrogen-bond donors (Lipinski definition) is 3. The van der Waals surface area contributed by atoms with Gasteiger partial charge in [-0.3, -0.25) is 14.0 Å². The number of aromatic nitrogens is 2. The molecule has 0 amide bonds. The van der Waals surface area contributed by atoms with E-state index in [9.17, 15) is 14.0 Å². The summed E-state index contributed by atoms with van der Waals surface area (Å²) in [6.45, 7) is 0.875. The first-order valence-corrected chi connectivity index (χ1v) is 8.66. The molecule has 27 heavy (non-hydrogen) atoms. The van der Waals surface area contributed by atoms with Crippen molar-refractivity contribution in [3.63, 3.8) is 0 Å². The Morgan fingerprint density at radius 1 is 1.41 bits per heavy atom. The molecule has 1 aromatic heterocycles. The van der Waals surface area contributed by atoms with Crippen molar-refractivity contribution in [3.05, 3.63) is 51.3 Å². The van der Waals surface area contributed by atoms with Crippen molar-refractivity contribution in [2.45, 2.75) is 25.3 Å². The summed E-state index contributed by atoms with van der Waals surface area (Å²) in [5.74, 6) is -3.30. The van der Waals surface area contributed by atoms with Gasteiger partial charge >= 0.3 is 11.9 Å². The Morgan fingerprint density at radius 3 is 2.59 bits per heavy atom. The van der Waals surface area contributed by atoms with Crippen LogP contribution in [-0.2, 0) is 55.3 Å². The van der Waals surface area contributed by atoms with Crippen molar-refractivity contribution in [2.75, 3.05) is 0 Å². The Kier molecular flexibility index (Phi) is 7.36. The van der Waals surface area contributed by atoms with Crippen molar-refractivity contribution in [1.29, 1.82) is 0 Å². The summed E-state index contributed by atoms with van der Waals surface area (Å²) in [6.07, 6.45) is 1.07. The summed E-state index contributed by atoms with van der Waals surface area (Å²) in [4.78, 5) is 24.8. The molecular weight excluding hydrogens is 472 g/mol. The summed E-state index contributed by atoms with van der Waals surface area (Å²) in [6, 6.07) is 6.43. The second kappa shape index (κ2) is 8.94. The number of fused-ring (bicyclic) bond motifs is 3. The molecule has 1 fully saturated rings.